The van der Waals surface area contributed by atoms with Gasteiger partial charge in [-0.2, -0.15) is 0 Å². The van der Waals surface area contributed by atoms with Gasteiger partial charge in [-0.05, 0) is 50.3 Å². The summed E-state index contributed by atoms with van der Waals surface area (Å²) in [5, 5.41) is 4.10. The van der Waals surface area contributed by atoms with E-state index in [0.29, 0.717) is 5.69 Å². The summed E-state index contributed by atoms with van der Waals surface area (Å²) < 4.78 is 5.41. The molecule has 132 valence electrons. The predicted molar refractivity (Wildman–Crippen MR) is 97.2 cm³/mol. The first kappa shape index (κ1) is 16.2. The standard InChI is InChI=1S/C20H25N3O2/c1-14-6-5-8-17(15(14)2)22-10-12-23(13-11-22)20(24)19-16-7-3-4-9-18(16)25-21-19/h5-6,8H,3-4,7,9-13H2,1-2H3. The molecule has 0 N–H and O–H groups in total. The first-order valence-electron chi connectivity index (χ1n) is 9.23. The summed E-state index contributed by atoms with van der Waals surface area (Å²) >= 11 is 0. The summed E-state index contributed by atoms with van der Waals surface area (Å²) in [7, 11) is 0. The summed E-state index contributed by atoms with van der Waals surface area (Å²) in [6, 6.07) is 6.43. The van der Waals surface area contributed by atoms with E-state index in [0.717, 1.165) is 63.2 Å². The van der Waals surface area contributed by atoms with E-state index >= 15 is 0 Å². The fourth-order valence-electron chi connectivity index (χ4n) is 3.93. The van der Waals surface area contributed by atoms with Crippen LogP contribution in [-0.2, 0) is 12.8 Å². The molecule has 0 unspecified atom stereocenters. The van der Waals surface area contributed by atoms with Gasteiger partial charge in [-0.15, -0.1) is 0 Å². The average molecular weight is 339 g/mol. The lowest BCUT2D eigenvalue weighted by molar-refractivity contribution is 0.0735. The Hall–Kier alpha value is -2.30. The number of carbonyl (C=O) groups is 1. The van der Waals surface area contributed by atoms with Crippen LogP contribution < -0.4 is 4.90 Å². The molecule has 0 spiro atoms. The lowest BCUT2D eigenvalue weighted by Crippen LogP contribution is -2.49. The number of piperazine rings is 1. The van der Waals surface area contributed by atoms with Crippen molar-refractivity contribution < 1.29 is 9.32 Å². The molecule has 4 rings (SSSR count). The molecule has 1 aliphatic carbocycles. The summed E-state index contributed by atoms with van der Waals surface area (Å²) in [5.74, 6) is 0.955. The molecule has 0 saturated carbocycles. The second-order valence-corrected chi connectivity index (χ2v) is 7.14. The number of carbonyl (C=O) groups excluding carboxylic acids is 1. The van der Waals surface area contributed by atoms with Crippen molar-refractivity contribution >= 4 is 11.6 Å². The number of aryl methyl sites for hydroxylation is 2. The van der Waals surface area contributed by atoms with Crippen molar-refractivity contribution in [2.45, 2.75) is 39.5 Å². The van der Waals surface area contributed by atoms with E-state index in [9.17, 15) is 4.79 Å². The fourth-order valence-corrected chi connectivity index (χ4v) is 3.93. The van der Waals surface area contributed by atoms with Crippen LogP contribution in [0.2, 0.25) is 0 Å². The minimum absolute atomic E-state index is 0.0347. The topological polar surface area (TPSA) is 49.6 Å². The van der Waals surface area contributed by atoms with Crippen LogP contribution in [0.3, 0.4) is 0 Å². The second-order valence-electron chi connectivity index (χ2n) is 7.14. The van der Waals surface area contributed by atoms with Crippen molar-refractivity contribution in [2.75, 3.05) is 31.1 Å². The van der Waals surface area contributed by atoms with Crippen LogP contribution in [-0.4, -0.2) is 42.1 Å². The third-order valence-electron chi connectivity index (χ3n) is 5.64. The van der Waals surface area contributed by atoms with Crippen LogP contribution >= 0.6 is 0 Å². The predicted octanol–water partition coefficient (Wildman–Crippen LogP) is 3.13. The number of aromatic nitrogens is 1. The number of benzene rings is 1. The molecule has 2 aliphatic rings. The molecule has 0 bridgehead atoms. The Balaban J connectivity index is 1.46. The maximum Gasteiger partial charge on any atom is 0.276 e. The van der Waals surface area contributed by atoms with E-state index in [1.54, 1.807) is 0 Å². The van der Waals surface area contributed by atoms with Gasteiger partial charge in [-0.1, -0.05) is 17.3 Å². The van der Waals surface area contributed by atoms with Crippen LogP contribution in [0.4, 0.5) is 5.69 Å². The Labute approximate surface area is 148 Å². The molecule has 0 radical (unpaired) electrons. The van der Waals surface area contributed by atoms with Crippen molar-refractivity contribution in [3.8, 4) is 0 Å². The van der Waals surface area contributed by atoms with E-state index in [1.165, 1.54) is 16.8 Å². The number of amides is 1. The molecule has 2 aromatic rings. The van der Waals surface area contributed by atoms with Crippen molar-refractivity contribution in [3.05, 3.63) is 46.3 Å². The Kier molecular flexibility index (Phi) is 4.24. The first-order valence-corrected chi connectivity index (χ1v) is 9.23. The summed E-state index contributed by atoms with van der Waals surface area (Å²) in [6.45, 7) is 7.49. The van der Waals surface area contributed by atoms with Crippen LogP contribution in [0, 0.1) is 13.8 Å². The van der Waals surface area contributed by atoms with Gasteiger partial charge in [-0.3, -0.25) is 4.79 Å². The molecule has 25 heavy (non-hydrogen) atoms. The number of nitrogens with zero attached hydrogens (tertiary/aromatic N) is 3. The largest absolute Gasteiger partial charge is 0.368 e. The van der Waals surface area contributed by atoms with Crippen LogP contribution in [0.25, 0.3) is 0 Å². The van der Waals surface area contributed by atoms with Gasteiger partial charge in [0, 0.05) is 43.9 Å². The molecule has 0 atom stereocenters. The summed E-state index contributed by atoms with van der Waals surface area (Å²) in [6.07, 6.45) is 4.08. The Morgan fingerprint density at radius 2 is 1.84 bits per heavy atom. The van der Waals surface area contributed by atoms with E-state index in [2.05, 4.69) is 42.1 Å². The van der Waals surface area contributed by atoms with Gasteiger partial charge in [0.05, 0.1) is 0 Å². The Bertz CT molecular complexity index is 788. The quantitative estimate of drug-likeness (QED) is 0.843. The smallest absolute Gasteiger partial charge is 0.276 e. The molecule has 1 aromatic heterocycles. The lowest BCUT2D eigenvalue weighted by Gasteiger charge is -2.36. The van der Waals surface area contributed by atoms with Crippen LogP contribution in [0.5, 0.6) is 0 Å². The van der Waals surface area contributed by atoms with Gasteiger partial charge in [0.2, 0.25) is 0 Å². The Morgan fingerprint density at radius 3 is 2.64 bits per heavy atom. The number of anilines is 1. The van der Waals surface area contributed by atoms with Gasteiger partial charge in [0.25, 0.3) is 5.91 Å². The highest BCUT2D eigenvalue weighted by Crippen LogP contribution is 2.27. The zero-order valence-electron chi connectivity index (χ0n) is 15.0. The molecular weight excluding hydrogens is 314 g/mol. The molecule has 1 amide bonds. The highest BCUT2D eigenvalue weighted by atomic mass is 16.5. The third kappa shape index (κ3) is 2.92. The molecule has 1 fully saturated rings. The average Bonchev–Trinajstić information content (AvgIpc) is 3.08. The monoisotopic (exact) mass is 339 g/mol. The molecule has 1 saturated heterocycles. The number of hydrogen-bond acceptors (Lipinski definition) is 4. The third-order valence-corrected chi connectivity index (χ3v) is 5.64. The van der Waals surface area contributed by atoms with Crippen LogP contribution in [0.15, 0.2) is 22.7 Å². The molecule has 2 heterocycles. The molecular formula is C20H25N3O2. The zero-order chi connectivity index (χ0) is 17.4. The lowest BCUT2D eigenvalue weighted by atomic mass is 9.96. The normalized spacial score (nSPS) is 17.5. The minimum Gasteiger partial charge on any atom is -0.368 e. The number of rotatable bonds is 2. The molecule has 5 heteroatoms. The maximum atomic E-state index is 12.9. The molecule has 1 aromatic carbocycles. The summed E-state index contributed by atoms with van der Waals surface area (Å²) in [5.41, 5.74) is 5.52. The van der Waals surface area contributed by atoms with Gasteiger partial charge in [0.1, 0.15) is 5.76 Å². The number of hydrogen-bond donors (Lipinski definition) is 0. The van der Waals surface area contributed by atoms with Crippen molar-refractivity contribution in [1.82, 2.24) is 10.1 Å². The Morgan fingerprint density at radius 1 is 1.08 bits per heavy atom. The van der Waals surface area contributed by atoms with Gasteiger partial charge < -0.3 is 14.3 Å². The number of fused-ring (bicyclic) bond motifs is 1. The van der Waals surface area contributed by atoms with Gasteiger partial charge >= 0.3 is 0 Å². The highest BCUT2D eigenvalue weighted by Gasteiger charge is 2.29. The van der Waals surface area contributed by atoms with Crippen molar-refractivity contribution in [2.24, 2.45) is 0 Å². The second kappa shape index (κ2) is 6.54. The van der Waals surface area contributed by atoms with E-state index in [4.69, 9.17) is 4.52 Å². The van der Waals surface area contributed by atoms with E-state index < -0.39 is 0 Å². The first-order chi connectivity index (χ1) is 12.1. The van der Waals surface area contributed by atoms with Crippen molar-refractivity contribution in [1.29, 1.82) is 0 Å². The molecule has 5 nitrogen and oxygen atoms in total. The van der Waals surface area contributed by atoms with Crippen LogP contribution in [0.1, 0.15) is 45.8 Å². The highest BCUT2D eigenvalue weighted by molar-refractivity contribution is 5.94. The van der Waals surface area contributed by atoms with Crippen molar-refractivity contribution in [3.63, 3.8) is 0 Å². The fraction of sp³-hybridized carbons (Fsp3) is 0.500. The van der Waals surface area contributed by atoms with E-state index in [1.807, 2.05) is 4.90 Å². The minimum atomic E-state index is 0.0347. The molecule has 1 aliphatic heterocycles. The maximum absolute atomic E-state index is 12.9. The van der Waals surface area contributed by atoms with Gasteiger partial charge in [-0.25, -0.2) is 0 Å². The van der Waals surface area contributed by atoms with Gasteiger partial charge in [0.15, 0.2) is 5.69 Å². The zero-order valence-corrected chi connectivity index (χ0v) is 15.0. The van der Waals surface area contributed by atoms with E-state index in [-0.39, 0.29) is 5.91 Å². The summed E-state index contributed by atoms with van der Waals surface area (Å²) in [4.78, 5) is 17.2. The SMILES string of the molecule is Cc1cccc(N2CCN(C(=O)c3noc4c3CCCC4)CC2)c1C.